The van der Waals surface area contributed by atoms with Gasteiger partial charge in [-0.1, -0.05) is 35.7 Å². The van der Waals surface area contributed by atoms with Crippen LogP contribution in [0, 0.1) is 11.6 Å². The number of aryl methyl sites for hydroxylation is 2. The molecule has 2 aromatic heterocycles. The summed E-state index contributed by atoms with van der Waals surface area (Å²) in [4.78, 5) is 36.4. The summed E-state index contributed by atoms with van der Waals surface area (Å²) in [7, 11) is 2.78. The molecule has 308 valence electrons. The van der Waals surface area contributed by atoms with E-state index in [2.05, 4.69) is 46.4 Å². The number of ether oxygens (including phenoxy) is 4. The predicted molar refractivity (Wildman–Crippen MR) is 227 cm³/mol. The van der Waals surface area contributed by atoms with Gasteiger partial charge in [0, 0.05) is 44.4 Å². The zero-order valence-corrected chi connectivity index (χ0v) is 34.9. The fourth-order valence-electron chi connectivity index (χ4n) is 7.42. The summed E-state index contributed by atoms with van der Waals surface area (Å²) in [5, 5.41) is 0. The highest BCUT2D eigenvalue weighted by Crippen LogP contribution is 2.42. The molecule has 0 amide bonds. The summed E-state index contributed by atoms with van der Waals surface area (Å²) in [6.07, 6.45) is 11.9. The van der Waals surface area contributed by atoms with Crippen molar-refractivity contribution in [3.63, 3.8) is 0 Å². The Kier molecular flexibility index (Phi) is 14.5. The standard InChI is InChI=1S/2C24H22FNO3S/c2*1-28-24(27)22-10-12-26-15-17(22)3-2-16-11-13-29-23-14-20(8-9-21(16)23)30-19-6-4-18(25)5-7-19/h2*4-10,12,14-16H,2-3,11,13H2,1H3/t2*16-/m10/s1. The number of rotatable bonds is 12. The molecule has 4 heterocycles. The van der Waals surface area contributed by atoms with Gasteiger partial charge in [0.1, 0.15) is 23.1 Å². The minimum Gasteiger partial charge on any atom is -0.493 e. The number of aromatic nitrogens is 2. The van der Waals surface area contributed by atoms with Crippen LogP contribution in [0.25, 0.3) is 0 Å². The number of pyridine rings is 2. The molecular weight excluding hydrogens is 803 g/mol. The Morgan fingerprint density at radius 3 is 1.40 bits per heavy atom. The van der Waals surface area contributed by atoms with Gasteiger partial charge in [-0.25, -0.2) is 18.4 Å². The molecule has 8 nitrogen and oxygen atoms in total. The van der Waals surface area contributed by atoms with Crippen LogP contribution >= 0.6 is 23.5 Å². The van der Waals surface area contributed by atoms with Crippen molar-refractivity contribution in [2.45, 2.75) is 69.9 Å². The third-order valence-corrected chi connectivity index (χ3v) is 12.5. The average Bonchev–Trinajstić information content (AvgIpc) is 3.28. The van der Waals surface area contributed by atoms with Gasteiger partial charge in [0.2, 0.25) is 0 Å². The van der Waals surface area contributed by atoms with Gasteiger partial charge in [0.15, 0.2) is 0 Å². The molecule has 8 rings (SSSR count). The van der Waals surface area contributed by atoms with Gasteiger partial charge in [0.05, 0.1) is 38.6 Å². The summed E-state index contributed by atoms with van der Waals surface area (Å²) in [6, 6.07) is 28.9. The molecule has 2 aliphatic heterocycles. The second kappa shape index (κ2) is 20.5. The normalized spacial score (nSPS) is 15.2. The molecule has 0 aliphatic carbocycles. The number of nitrogens with zero attached hydrogens (tertiary/aromatic N) is 2. The summed E-state index contributed by atoms with van der Waals surface area (Å²) >= 11 is 3.16. The van der Waals surface area contributed by atoms with Crippen LogP contribution in [0.5, 0.6) is 11.5 Å². The van der Waals surface area contributed by atoms with Crippen molar-refractivity contribution in [3.05, 3.63) is 167 Å². The summed E-state index contributed by atoms with van der Waals surface area (Å²) in [5.41, 5.74) is 5.33. The van der Waals surface area contributed by atoms with Gasteiger partial charge in [-0.2, -0.15) is 0 Å². The van der Waals surface area contributed by atoms with E-state index >= 15 is 0 Å². The molecule has 2 aliphatic rings. The molecule has 12 heteroatoms. The maximum atomic E-state index is 13.1. The topological polar surface area (TPSA) is 96.8 Å². The van der Waals surface area contributed by atoms with Crippen LogP contribution in [-0.2, 0) is 22.3 Å². The van der Waals surface area contributed by atoms with E-state index in [1.165, 1.54) is 49.6 Å². The van der Waals surface area contributed by atoms with Crippen molar-refractivity contribution in [1.29, 1.82) is 0 Å². The summed E-state index contributed by atoms with van der Waals surface area (Å²) in [6.45, 7) is 1.33. The van der Waals surface area contributed by atoms with Crippen molar-refractivity contribution in [2.75, 3.05) is 27.4 Å². The van der Waals surface area contributed by atoms with E-state index in [-0.39, 0.29) is 23.6 Å². The minimum absolute atomic E-state index is 0.236. The van der Waals surface area contributed by atoms with Crippen LogP contribution in [-0.4, -0.2) is 49.3 Å². The second-order valence-corrected chi connectivity index (χ2v) is 16.6. The molecule has 0 fully saturated rings. The lowest BCUT2D eigenvalue weighted by Gasteiger charge is -2.26. The monoisotopic (exact) mass is 846 g/mol. The third-order valence-electron chi connectivity index (χ3n) is 10.5. The Bertz CT molecular complexity index is 2250. The number of benzene rings is 4. The molecule has 60 heavy (non-hydrogen) atoms. The Hall–Kier alpha value is -5.72. The van der Waals surface area contributed by atoms with E-state index in [9.17, 15) is 18.4 Å². The molecule has 0 saturated heterocycles. The van der Waals surface area contributed by atoms with Crippen molar-refractivity contribution in [1.82, 2.24) is 9.97 Å². The largest absolute Gasteiger partial charge is 0.493 e. The quantitative estimate of drug-likeness (QED) is 0.111. The zero-order valence-electron chi connectivity index (χ0n) is 33.3. The highest BCUT2D eigenvalue weighted by molar-refractivity contribution is 7.99. The first-order valence-electron chi connectivity index (χ1n) is 19.7. The fourth-order valence-corrected chi connectivity index (χ4v) is 9.11. The first-order chi connectivity index (χ1) is 29.3. The Balaban J connectivity index is 0.000000181. The van der Waals surface area contributed by atoms with Gasteiger partial charge in [0.25, 0.3) is 0 Å². The summed E-state index contributed by atoms with van der Waals surface area (Å²) in [5.74, 6) is 1.37. The van der Waals surface area contributed by atoms with Gasteiger partial charge >= 0.3 is 11.9 Å². The number of carbonyl (C=O) groups is 2. The molecule has 0 spiro atoms. The van der Waals surface area contributed by atoms with E-state index < -0.39 is 0 Å². The van der Waals surface area contributed by atoms with Gasteiger partial charge < -0.3 is 18.9 Å². The second-order valence-electron chi connectivity index (χ2n) is 14.3. The SMILES string of the molecule is COC(=O)c1ccncc1CC[C@@H]1CCOc2cc(Sc3ccc(F)cc3)ccc21.COC(=O)c1ccncc1CC[C@H]1CCOc2cc(Sc3ccc(F)cc3)ccc21. The molecule has 2 atom stereocenters. The number of esters is 2. The maximum absolute atomic E-state index is 13.1. The molecule has 6 aromatic rings. The van der Waals surface area contributed by atoms with Gasteiger partial charge in [-0.3, -0.25) is 9.97 Å². The van der Waals surface area contributed by atoms with Gasteiger partial charge in [-0.15, -0.1) is 0 Å². The number of halogens is 2. The highest BCUT2D eigenvalue weighted by atomic mass is 32.2. The minimum atomic E-state index is -0.331. The fraction of sp³-hybridized carbons (Fsp3) is 0.250. The maximum Gasteiger partial charge on any atom is 0.338 e. The Morgan fingerprint density at radius 1 is 0.600 bits per heavy atom. The lowest BCUT2D eigenvalue weighted by Crippen LogP contribution is -2.15. The third kappa shape index (κ3) is 10.9. The molecule has 0 unspecified atom stereocenters. The van der Waals surface area contributed by atoms with E-state index in [4.69, 9.17) is 18.9 Å². The van der Waals surface area contributed by atoms with Crippen molar-refractivity contribution in [3.8, 4) is 11.5 Å². The lowest BCUT2D eigenvalue weighted by atomic mass is 9.87. The molecule has 0 bridgehead atoms. The molecule has 0 radical (unpaired) electrons. The van der Waals surface area contributed by atoms with Crippen molar-refractivity contribution in [2.24, 2.45) is 0 Å². The van der Waals surface area contributed by atoms with Crippen molar-refractivity contribution < 1.29 is 37.3 Å². The number of hydrogen-bond acceptors (Lipinski definition) is 10. The molecular formula is C48H44F2N2O6S2. The average molecular weight is 847 g/mol. The van der Waals surface area contributed by atoms with Crippen LogP contribution in [0.1, 0.15) is 80.5 Å². The highest BCUT2D eigenvalue weighted by Gasteiger charge is 2.25. The number of carbonyl (C=O) groups excluding carboxylic acids is 2. The Morgan fingerprint density at radius 2 is 1.00 bits per heavy atom. The lowest BCUT2D eigenvalue weighted by molar-refractivity contribution is 0.0590. The van der Waals surface area contributed by atoms with E-state index in [0.29, 0.717) is 36.2 Å². The van der Waals surface area contributed by atoms with E-state index in [1.807, 2.05) is 0 Å². The summed E-state index contributed by atoms with van der Waals surface area (Å²) < 4.78 is 47.9. The van der Waals surface area contributed by atoms with Crippen molar-refractivity contribution >= 4 is 35.5 Å². The number of methoxy groups -OCH3 is 2. The van der Waals surface area contributed by atoms with Crippen LogP contribution in [0.2, 0.25) is 0 Å². The van der Waals surface area contributed by atoms with E-state index in [0.717, 1.165) is 80.7 Å². The van der Waals surface area contributed by atoms with Crippen LogP contribution in [0.3, 0.4) is 0 Å². The first-order valence-corrected chi connectivity index (χ1v) is 21.3. The van der Waals surface area contributed by atoms with Crippen LogP contribution < -0.4 is 9.47 Å². The number of fused-ring (bicyclic) bond motifs is 2. The Labute approximate surface area is 357 Å². The predicted octanol–water partition coefficient (Wildman–Crippen LogP) is 11.3. The van der Waals surface area contributed by atoms with Crippen LogP contribution in [0.15, 0.2) is 141 Å². The molecule has 0 saturated carbocycles. The smallest absolute Gasteiger partial charge is 0.338 e. The molecule has 4 aromatic carbocycles. The molecule has 0 N–H and O–H groups in total. The zero-order chi connectivity index (χ0) is 41.8. The van der Waals surface area contributed by atoms with E-state index in [1.54, 1.807) is 84.7 Å². The first kappa shape index (κ1) is 42.4. The van der Waals surface area contributed by atoms with Gasteiger partial charge in [-0.05, 0) is 158 Å². The number of hydrogen-bond donors (Lipinski definition) is 0. The van der Waals surface area contributed by atoms with Crippen LogP contribution in [0.4, 0.5) is 8.78 Å².